The number of carbonyl (C=O) groups excluding carboxylic acids is 4. The Morgan fingerprint density at radius 1 is 0.913 bits per heavy atom. The fraction of sp³-hybridized carbons (Fsp3) is 0.750. The second kappa shape index (κ2) is 6.68. The third kappa shape index (κ3) is 3.38. The lowest BCUT2D eigenvalue weighted by atomic mass is 9.81. The molecule has 0 radical (unpaired) electrons. The van der Waals surface area contributed by atoms with E-state index in [0.717, 1.165) is 56.3 Å². The maximum Gasteiger partial charge on any atom is 0.321 e. The fourth-order valence-electron chi connectivity index (χ4n) is 3.99. The molecule has 126 valence electrons. The number of nitrogens with one attached hydrogen (secondary N) is 2. The predicted molar refractivity (Wildman–Crippen MR) is 81.1 cm³/mol. The summed E-state index contributed by atoms with van der Waals surface area (Å²) >= 11 is 0. The van der Waals surface area contributed by atoms with E-state index < -0.39 is 11.9 Å². The van der Waals surface area contributed by atoms with Gasteiger partial charge in [0.2, 0.25) is 17.7 Å². The first-order chi connectivity index (χ1) is 11.1. The molecule has 0 aromatic heterocycles. The van der Waals surface area contributed by atoms with E-state index in [1.165, 1.54) is 0 Å². The highest BCUT2D eigenvalue weighted by atomic mass is 16.2. The Labute approximate surface area is 135 Å². The van der Waals surface area contributed by atoms with Gasteiger partial charge in [-0.05, 0) is 25.7 Å². The number of imide groups is 2. The summed E-state index contributed by atoms with van der Waals surface area (Å²) < 4.78 is 0. The SMILES string of the molecule is O=C(CN1C(=O)[C@@H]2CCCC[C@H]2C1=O)NC(=O)NC1CCCC1. The van der Waals surface area contributed by atoms with E-state index in [4.69, 9.17) is 0 Å². The molecule has 0 spiro atoms. The number of hydrogen-bond acceptors (Lipinski definition) is 4. The Balaban J connectivity index is 1.52. The summed E-state index contributed by atoms with van der Waals surface area (Å²) in [6.07, 6.45) is 7.35. The molecule has 23 heavy (non-hydrogen) atoms. The number of amides is 5. The van der Waals surface area contributed by atoms with E-state index in [1.807, 2.05) is 0 Å². The topological polar surface area (TPSA) is 95.6 Å². The maximum absolute atomic E-state index is 12.3. The van der Waals surface area contributed by atoms with Crippen molar-refractivity contribution in [3.8, 4) is 0 Å². The summed E-state index contributed by atoms with van der Waals surface area (Å²) in [4.78, 5) is 49.3. The molecule has 0 unspecified atom stereocenters. The highest BCUT2D eigenvalue weighted by Crippen LogP contribution is 2.37. The van der Waals surface area contributed by atoms with Crippen LogP contribution in [0.25, 0.3) is 0 Å². The maximum atomic E-state index is 12.3. The van der Waals surface area contributed by atoms with Gasteiger partial charge in [0.05, 0.1) is 11.8 Å². The van der Waals surface area contributed by atoms with Crippen molar-refractivity contribution in [3.05, 3.63) is 0 Å². The second-order valence-electron chi connectivity index (χ2n) is 6.76. The van der Waals surface area contributed by atoms with Crippen molar-refractivity contribution in [1.82, 2.24) is 15.5 Å². The van der Waals surface area contributed by atoms with Crippen LogP contribution < -0.4 is 10.6 Å². The van der Waals surface area contributed by atoms with Gasteiger partial charge in [0, 0.05) is 6.04 Å². The summed E-state index contributed by atoms with van der Waals surface area (Å²) in [6.45, 7) is -0.358. The number of urea groups is 1. The normalized spacial score (nSPS) is 27.9. The molecule has 1 heterocycles. The Morgan fingerprint density at radius 3 is 2.00 bits per heavy atom. The third-order valence-corrected chi connectivity index (χ3v) is 5.18. The second-order valence-corrected chi connectivity index (χ2v) is 6.76. The van der Waals surface area contributed by atoms with Gasteiger partial charge in [-0.1, -0.05) is 25.7 Å². The quantitative estimate of drug-likeness (QED) is 0.756. The first-order valence-corrected chi connectivity index (χ1v) is 8.52. The Morgan fingerprint density at radius 2 is 1.43 bits per heavy atom. The summed E-state index contributed by atoms with van der Waals surface area (Å²) in [5, 5.41) is 4.97. The molecule has 3 fully saturated rings. The highest BCUT2D eigenvalue weighted by Gasteiger charge is 2.48. The third-order valence-electron chi connectivity index (χ3n) is 5.18. The molecule has 0 aromatic rings. The van der Waals surface area contributed by atoms with E-state index in [1.54, 1.807) is 0 Å². The van der Waals surface area contributed by atoms with Crippen molar-refractivity contribution in [2.75, 3.05) is 6.54 Å². The summed E-state index contributed by atoms with van der Waals surface area (Å²) in [6, 6.07) is -0.431. The zero-order valence-corrected chi connectivity index (χ0v) is 13.2. The minimum absolute atomic E-state index is 0.112. The van der Waals surface area contributed by atoms with E-state index in [9.17, 15) is 19.2 Å². The largest absolute Gasteiger partial charge is 0.335 e. The molecule has 2 atom stereocenters. The van der Waals surface area contributed by atoms with Crippen molar-refractivity contribution >= 4 is 23.8 Å². The Bertz CT molecular complexity index is 503. The van der Waals surface area contributed by atoms with Gasteiger partial charge in [-0.3, -0.25) is 24.6 Å². The number of fused-ring (bicyclic) bond motifs is 1. The molecule has 0 bridgehead atoms. The number of nitrogens with zero attached hydrogens (tertiary/aromatic N) is 1. The van der Waals surface area contributed by atoms with Gasteiger partial charge in [-0.2, -0.15) is 0 Å². The first-order valence-electron chi connectivity index (χ1n) is 8.52. The van der Waals surface area contributed by atoms with Crippen molar-refractivity contribution in [3.63, 3.8) is 0 Å². The number of carbonyl (C=O) groups is 4. The van der Waals surface area contributed by atoms with Gasteiger partial charge in [-0.25, -0.2) is 4.79 Å². The molecule has 3 rings (SSSR count). The monoisotopic (exact) mass is 321 g/mol. The number of hydrogen-bond donors (Lipinski definition) is 2. The van der Waals surface area contributed by atoms with Crippen LogP contribution in [0.2, 0.25) is 0 Å². The average Bonchev–Trinajstić information content (AvgIpc) is 3.11. The van der Waals surface area contributed by atoms with E-state index >= 15 is 0 Å². The van der Waals surface area contributed by atoms with Gasteiger partial charge in [0.15, 0.2) is 0 Å². The summed E-state index contributed by atoms with van der Waals surface area (Å²) in [7, 11) is 0. The van der Waals surface area contributed by atoms with Crippen LogP contribution in [0.1, 0.15) is 51.4 Å². The van der Waals surface area contributed by atoms with Crippen LogP contribution in [-0.4, -0.2) is 41.2 Å². The van der Waals surface area contributed by atoms with E-state index in [0.29, 0.717) is 0 Å². The molecular weight excluding hydrogens is 298 g/mol. The smallest absolute Gasteiger partial charge is 0.321 e. The van der Waals surface area contributed by atoms with Gasteiger partial charge in [-0.15, -0.1) is 0 Å². The molecule has 2 aliphatic carbocycles. The van der Waals surface area contributed by atoms with Crippen LogP contribution in [0.5, 0.6) is 0 Å². The molecule has 3 aliphatic rings. The van der Waals surface area contributed by atoms with Crippen LogP contribution in [0.3, 0.4) is 0 Å². The summed E-state index contributed by atoms with van der Waals surface area (Å²) in [5.41, 5.74) is 0. The van der Waals surface area contributed by atoms with Gasteiger partial charge < -0.3 is 5.32 Å². The lowest BCUT2D eigenvalue weighted by Crippen LogP contribution is -2.48. The van der Waals surface area contributed by atoms with Gasteiger partial charge in [0.25, 0.3) is 0 Å². The molecule has 1 saturated heterocycles. The molecule has 1 aliphatic heterocycles. The van der Waals surface area contributed by atoms with Crippen LogP contribution in [0.15, 0.2) is 0 Å². The molecule has 2 N–H and O–H groups in total. The molecule has 7 nitrogen and oxygen atoms in total. The number of likely N-dealkylation sites (tertiary alicyclic amines) is 1. The predicted octanol–water partition coefficient (Wildman–Crippen LogP) is 0.930. The Hall–Kier alpha value is -1.92. The van der Waals surface area contributed by atoms with Crippen LogP contribution in [0.4, 0.5) is 4.79 Å². The molecule has 0 aromatic carbocycles. The van der Waals surface area contributed by atoms with E-state index in [-0.39, 0.29) is 36.2 Å². The average molecular weight is 321 g/mol. The van der Waals surface area contributed by atoms with Crippen molar-refractivity contribution in [1.29, 1.82) is 0 Å². The summed E-state index contributed by atoms with van der Waals surface area (Å²) in [5.74, 6) is -1.66. The minimum atomic E-state index is -0.610. The lowest BCUT2D eigenvalue weighted by molar-refractivity contribution is -0.143. The minimum Gasteiger partial charge on any atom is -0.335 e. The molecule has 5 amide bonds. The van der Waals surface area contributed by atoms with Crippen LogP contribution >= 0.6 is 0 Å². The van der Waals surface area contributed by atoms with Crippen molar-refractivity contribution in [2.24, 2.45) is 11.8 Å². The molecule has 7 heteroatoms. The number of rotatable bonds is 3. The van der Waals surface area contributed by atoms with Gasteiger partial charge in [0.1, 0.15) is 6.54 Å². The molecular formula is C16H23N3O4. The standard InChI is InChI=1S/C16H23N3O4/c20-13(18-16(23)17-10-5-1-2-6-10)9-19-14(21)11-7-3-4-8-12(11)15(19)22/h10-12H,1-9H2,(H2,17,18,20,23)/t11-,12-/m1/s1. The van der Waals surface area contributed by atoms with Crippen molar-refractivity contribution in [2.45, 2.75) is 57.4 Å². The lowest BCUT2D eigenvalue weighted by Gasteiger charge is -2.19. The van der Waals surface area contributed by atoms with Crippen LogP contribution in [-0.2, 0) is 14.4 Å². The Kier molecular flexibility index (Phi) is 4.63. The molecule has 2 saturated carbocycles. The fourth-order valence-corrected chi connectivity index (χ4v) is 3.99. The zero-order valence-electron chi connectivity index (χ0n) is 13.2. The highest BCUT2D eigenvalue weighted by molar-refractivity contribution is 6.08. The van der Waals surface area contributed by atoms with Gasteiger partial charge >= 0.3 is 6.03 Å². The zero-order chi connectivity index (χ0) is 16.4. The van der Waals surface area contributed by atoms with Crippen molar-refractivity contribution < 1.29 is 19.2 Å². The van der Waals surface area contributed by atoms with Crippen LogP contribution in [0, 0.1) is 11.8 Å². The van der Waals surface area contributed by atoms with E-state index in [2.05, 4.69) is 10.6 Å². The first kappa shape index (κ1) is 16.0.